The first kappa shape index (κ1) is 13.2. The molecule has 2 N–H and O–H groups in total. The zero-order chi connectivity index (χ0) is 13.1. The highest BCUT2D eigenvalue weighted by Gasteiger charge is 2.22. The van der Waals surface area contributed by atoms with Gasteiger partial charge >= 0.3 is 0 Å². The number of rotatable bonds is 3. The molecule has 0 unspecified atom stereocenters. The molecule has 1 aliphatic heterocycles. The zero-order valence-electron chi connectivity index (χ0n) is 10.3. The average Bonchev–Trinajstić information content (AvgIpc) is 2.37. The Bertz CT molecular complexity index is 420. The Morgan fingerprint density at radius 2 is 1.89 bits per heavy atom. The fourth-order valence-corrected chi connectivity index (χ4v) is 2.25. The second-order valence-corrected chi connectivity index (χ2v) is 4.45. The molecule has 0 aromatic heterocycles. The summed E-state index contributed by atoms with van der Waals surface area (Å²) in [6.07, 6.45) is 0. The van der Waals surface area contributed by atoms with Crippen LogP contribution in [0.1, 0.15) is 5.56 Å². The van der Waals surface area contributed by atoms with Crippen molar-refractivity contribution in [1.29, 1.82) is 0 Å². The smallest absolute Gasteiger partial charge is 0.182 e. The molecular weight excluding hydrogens is 240 g/mol. The van der Waals surface area contributed by atoms with E-state index in [9.17, 15) is 8.78 Å². The standard InChI is InChI=1S/C12H17F2N3O/c1-9-2-3-10(13)11(14)12(9)17-6-4-16(5-7-17)8-15-18/h2-3,15,18H,4-8H2,1H3. The highest BCUT2D eigenvalue weighted by Crippen LogP contribution is 2.26. The molecule has 0 spiro atoms. The van der Waals surface area contributed by atoms with Crippen LogP contribution in [0.4, 0.5) is 14.5 Å². The Kier molecular flexibility index (Phi) is 4.11. The van der Waals surface area contributed by atoms with Crippen LogP contribution in [0.25, 0.3) is 0 Å². The fraction of sp³-hybridized carbons (Fsp3) is 0.500. The Hall–Kier alpha value is -1.24. The molecule has 0 amide bonds. The predicted molar refractivity (Wildman–Crippen MR) is 64.7 cm³/mol. The molecule has 0 saturated carbocycles. The van der Waals surface area contributed by atoms with Crippen LogP contribution in [0.2, 0.25) is 0 Å². The van der Waals surface area contributed by atoms with E-state index in [1.54, 1.807) is 13.0 Å². The maximum absolute atomic E-state index is 13.8. The first-order chi connectivity index (χ1) is 8.63. The van der Waals surface area contributed by atoms with Gasteiger partial charge in [0, 0.05) is 26.2 Å². The van der Waals surface area contributed by atoms with Gasteiger partial charge in [-0.2, -0.15) is 5.48 Å². The lowest BCUT2D eigenvalue weighted by molar-refractivity contribution is 0.0943. The van der Waals surface area contributed by atoms with Crippen molar-refractivity contribution in [3.05, 3.63) is 29.3 Å². The number of hydrogen-bond donors (Lipinski definition) is 2. The average molecular weight is 257 g/mol. The van der Waals surface area contributed by atoms with E-state index in [1.165, 1.54) is 0 Å². The number of nitrogens with zero attached hydrogens (tertiary/aromatic N) is 2. The molecule has 1 saturated heterocycles. The van der Waals surface area contributed by atoms with Gasteiger partial charge < -0.3 is 10.1 Å². The number of halogens is 2. The third-order valence-corrected chi connectivity index (χ3v) is 3.25. The summed E-state index contributed by atoms with van der Waals surface area (Å²) in [6.45, 7) is 4.79. The highest BCUT2D eigenvalue weighted by atomic mass is 19.2. The van der Waals surface area contributed by atoms with Crippen molar-refractivity contribution in [3.8, 4) is 0 Å². The van der Waals surface area contributed by atoms with Gasteiger partial charge in [-0.15, -0.1) is 0 Å². The molecule has 1 aromatic rings. The number of aryl methyl sites for hydroxylation is 1. The van der Waals surface area contributed by atoms with Crippen molar-refractivity contribution in [2.75, 3.05) is 37.7 Å². The van der Waals surface area contributed by atoms with E-state index in [0.29, 0.717) is 38.5 Å². The van der Waals surface area contributed by atoms with Gasteiger partial charge in [0.2, 0.25) is 0 Å². The quantitative estimate of drug-likeness (QED) is 0.801. The van der Waals surface area contributed by atoms with E-state index in [4.69, 9.17) is 5.21 Å². The van der Waals surface area contributed by atoms with Crippen LogP contribution in [0.5, 0.6) is 0 Å². The summed E-state index contributed by atoms with van der Waals surface area (Å²) in [4.78, 5) is 3.85. The van der Waals surface area contributed by atoms with Gasteiger partial charge in [-0.05, 0) is 18.6 Å². The molecule has 1 heterocycles. The minimum absolute atomic E-state index is 0.353. The number of piperazine rings is 1. The second-order valence-electron chi connectivity index (χ2n) is 4.45. The number of benzene rings is 1. The molecule has 18 heavy (non-hydrogen) atoms. The predicted octanol–water partition coefficient (Wildman–Crippen LogP) is 1.33. The SMILES string of the molecule is Cc1ccc(F)c(F)c1N1CCN(CNO)CC1. The molecule has 0 aliphatic carbocycles. The number of hydroxylamine groups is 1. The lowest BCUT2D eigenvalue weighted by atomic mass is 10.1. The molecule has 100 valence electrons. The summed E-state index contributed by atoms with van der Waals surface area (Å²) in [5, 5.41) is 8.61. The van der Waals surface area contributed by atoms with Crippen LogP contribution in [0.3, 0.4) is 0 Å². The van der Waals surface area contributed by atoms with Crippen LogP contribution in [-0.4, -0.2) is 43.0 Å². The topological polar surface area (TPSA) is 38.7 Å². The first-order valence-electron chi connectivity index (χ1n) is 5.92. The van der Waals surface area contributed by atoms with E-state index in [2.05, 4.69) is 5.48 Å². The number of hydrogen-bond acceptors (Lipinski definition) is 4. The van der Waals surface area contributed by atoms with Gasteiger partial charge in [-0.25, -0.2) is 8.78 Å². The Labute approximate surface area is 105 Å². The van der Waals surface area contributed by atoms with Crippen LogP contribution in [0.15, 0.2) is 12.1 Å². The minimum atomic E-state index is -0.810. The minimum Gasteiger partial charge on any atom is -0.366 e. The van der Waals surface area contributed by atoms with Crippen LogP contribution >= 0.6 is 0 Å². The van der Waals surface area contributed by atoms with Crippen LogP contribution < -0.4 is 10.4 Å². The van der Waals surface area contributed by atoms with E-state index in [-0.39, 0.29) is 0 Å². The van der Waals surface area contributed by atoms with E-state index in [1.807, 2.05) is 9.80 Å². The molecule has 0 bridgehead atoms. The zero-order valence-corrected chi connectivity index (χ0v) is 10.3. The van der Waals surface area contributed by atoms with Crippen molar-refractivity contribution in [2.45, 2.75) is 6.92 Å². The first-order valence-corrected chi connectivity index (χ1v) is 5.92. The van der Waals surface area contributed by atoms with Gasteiger partial charge in [0.25, 0.3) is 0 Å². The molecule has 0 radical (unpaired) electrons. The number of nitrogens with one attached hydrogen (secondary N) is 1. The molecule has 0 atom stereocenters. The summed E-state index contributed by atoms with van der Waals surface area (Å²) in [7, 11) is 0. The lowest BCUT2D eigenvalue weighted by Crippen LogP contribution is -2.49. The van der Waals surface area contributed by atoms with Crippen molar-refractivity contribution >= 4 is 5.69 Å². The molecule has 6 heteroatoms. The summed E-state index contributed by atoms with van der Waals surface area (Å²) in [5.41, 5.74) is 3.19. The van der Waals surface area contributed by atoms with Gasteiger partial charge in [0.15, 0.2) is 11.6 Å². The van der Waals surface area contributed by atoms with E-state index >= 15 is 0 Å². The maximum atomic E-state index is 13.8. The monoisotopic (exact) mass is 257 g/mol. The highest BCUT2D eigenvalue weighted by molar-refractivity contribution is 5.55. The summed E-state index contributed by atoms with van der Waals surface area (Å²) in [6, 6.07) is 2.75. The summed E-state index contributed by atoms with van der Waals surface area (Å²) < 4.78 is 27.1. The Balaban J connectivity index is 2.12. The van der Waals surface area contributed by atoms with Crippen molar-refractivity contribution in [3.63, 3.8) is 0 Å². The molecule has 4 nitrogen and oxygen atoms in total. The lowest BCUT2D eigenvalue weighted by Gasteiger charge is -2.36. The van der Waals surface area contributed by atoms with Crippen molar-refractivity contribution < 1.29 is 14.0 Å². The van der Waals surface area contributed by atoms with Gasteiger partial charge in [-0.3, -0.25) is 4.90 Å². The van der Waals surface area contributed by atoms with Gasteiger partial charge in [-0.1, -0.05) is 6.07 Å². The second kappa shape index (κ2) is 5.60. The van der Waals surface area contributed by atoms with Gasteiger partial charge in [0.05, 0.1) is 12.4 Å². The molecule has 1 fully saturated rings. The van der Waals surface area contributed by atoms with Crippen molar-refractivity contribution in [1.82, 2.24) is 10.4 Å². The molecule has 1 aromatic carbocycles. The van der Waals surface area contributed by atoms with E-state index < -0.39 is 11.6 Å². The third-order valence-electron chi connectivity index (χ3n) is 3.25. The Morgan fingerprint density at radius 1 is 1.22 bits per heavy atom. The Morgan fingerprint density at radius 3 is 2.50 bits per heavy atom. The molecular formula is C12H17F2N3O. The van der Waals surface area contributed by atoms with Crippen LogP contribution in [-0.2, 0) is 0 Å². The maximum Gasteiger partial charge on any atom is 0.182 e. The molecule has 2 rings (SSSR count). The fourth-order valence-electron chi connectivity index (χ4n) is 2.25. The normalized spacial score (nSPS) is 17.2. The summed E-state index contributed by atoms with van der Waals surface area (Å²) >= 11 is 0. The van der Waals surface area contributed by atoms with Gasteiger partial charge in [0.1, 0.15) is 0 Å². The van der Waals surface area contributed by atoms with Crippen LogP contribution in [0, 0.1) is 18.6 Å². The van der Waals surface area contributed by atoms with Crippen molar-refractivity contribution in [2.24, 2.45) is 0 Å². The third kappa shape index (κ3) is 2.60. The molecule has 1 aliphatic rings. The van der Waals surface area contributed by atoms with E-state index in [0.717, 1.165) is 11.6 Å². The summed E-state index contributed by atoms with van der Waals surface area (Å²) in [5.74, 6) is -1.58. The largest absolute Gasteiger partial charge is 0.366 e. The number of anilines is 1.